The molecule has 3 heteroatoms. The maximum atomic E-state index is 5.60. The van der Waals surface area contributed by atoms with Crippen LogP contribution in [0.25, 0.3) is 0 Å². The van der Waals surface area contributed by atoms with E-state index in [4.69, 9.17) is 4.74 Å². The molecular formula is C22H22BrOP. The zero-order valence-corrected chi connectivity index (χ0v) is 16.7. The van der Waals surface area contributed by atoms with Crippen LogP contribution in [0.1, 0.15) is 6.92 Å². The molecule has 0 amide bonds. The first kappa shape index (κ1) is 19.4. The number of hydrogen-bond acceptors (Lipinski definition) is 1. The molecule has 0 saturated heterocycles. The molecule has 0 heterocycles. The van der Waals surface area contributed by atoms with Crippen molar-refractivity contribution in [1.82, 2.24) is 0 Å². The minimum absolute atomic E-state index is 0. The normalized spacial score (nSPS) is 11.1. The lowest BCUT2D eigenvalue weighted by atomic mass is 10.4. The van der Waals surface area contributed by atoms with Gasteiger partial charge < -0.3 is 21.7 Å². The minimum atomic E-state index is -1.89. The van der Waals surface area contributed by atoms with Gasteiger partial charge in [0, 0.05) is 0 Å². The zero-order valence-electron chi connectivity index (χ0n) is 14.3. The molecule has 0 aromatic heterocycles. The second-order valence-corrected chi connectivity index (χ2v) is 8.76. The second-order valence-electron chi connectivity index (χ2n) is 5.47. The van der Waals surface area contributed by atoms with Gasteiger partial charge in [-0.05, 0) is 43.3 Å². The Balaban J connectivity index is 0.00000225. The third-order valence-electron chi connectivity index (χ3n) is 4.04. The Labute approximate surface area is 161 Å². The highest BCUT2D eigenvalue weighted by atomic mass is 79.9. The highest BCUT2D eigenvalue weighted by Gasteiger charge is 2.43. The van der Waals surface area contributed by atoms with Gasteiger partial charge in [-0.2, -0.15) is 0 Å². The van der Waals surface area contributed by atoms with Crippen LogP contribution in [0.3, 0.4) is 0 Å². The van der Waals surface area contributed by atoms with Crippen LogP contribution in [0.15, 0.2) is 103 Å². The van der Waals surface area contributed by atoms with Gasteiger partial charge in [-0.15, -0.1) is 0 Å². The van der Waals surface area contributed by atoms with Gasteiger partial charge in [-0.3, -0.25) is 0 Å². The lowest BCUT2D eigenvalue weighted by molar-refractivity contribution is -0.00000526. The third kappa shape index (κ3) is 4.21. The molecule has 0 spiro atoms. The number of ether oxygens (including phenoxy) is 1. The average molecular weight is 413 g/mol. The van der Waals surface area contributed by atoms with Gasteiger partial charge in [0.2, 0.25) is 0 Å². The number of halogens is 1. The van der Waals surface area contributed by atoms with Crippen molar-refractivity contribution in [2.24, 2.45) is 0 Å². The van der Waals surface area contributed by atoms with Crippen molar-refractivity contribution in [3.05, 3.63) is 103 Å². The van der Waals surface area contributed by atoms with Crippen LogP contribution in [0.2, 0.25) is 0 Å². The van der Waals surface area contributed by atoms with Gasteiger partial charge in [-0.1, -0.05) is 54.6 Å². The second kappa shape index (κ2) is 9.56. The molecule has 0 bridgehead atoms. The summed E-state index contributed by atoms with van der Waals surface area (Å²) in [5.74, 6) is 2.27. The van der Waals surface area contributed by atoms with Crippen LogP contribution in [-0.4, -0.2) is 6.61 Å². The molecule has 0 aliphatic rings. The maximum absolute atomic E-state index is 5.60. The van der Waals surface area contributed by atoms with Gasteiger partial charge in [0.15, 0.2) is 0 Å². The monoisotopic (exact) mass is 412 g/mol. The summed E-state index contributed by atoms with van der Waals surface area (Å²) >= 11 is 0. The van der Waals surface area contributed by atoms with Crippen LogP contribution in [0, 0.1) is 0 Å². The predicted molar refractivity (Wildman–Crippen MR) is 106 cm³/mol. The molecule has 128 valence electrons. The Bertz CT molecular complexity index is 676. The molecular weight excluding hydrogens is 391 g/mol. The highest BCUT2D eigenvalue weighted by molar-refractivity contribution is 7.98. The molecule has 25 heavy (non-hydrogen) atoms. The van der Waals surface area contributed by atoms with Gasteiger partial charge in [0.1, 0.15) is 35.3 Å². The summed E-state index contributed by atoms with van der Waals surface area (Å²) in [6.45, 7) is 2.69. The fourth-order valence-electron chi connectivity index (χ4n) is 2.93. The fourth-order valence-corrected chi connectivity index (χ4v) is 6.53. The number of hydrogen-bond donors (Lipinski definition) is 0. The van der Waals surface area contributed by atoms with Crippen molar-refractivity contribution in [1.29, 1.82) is 0 Å². The predicted octanol–water partition coefficient (Wildman–Crippen LogP) is 1.49. The van der Waals surface area contributed by atoms with Crippen LogP contribution in [-0.2, 0) is 4.74 Å². The summed E-state index contributed by atoms with van der Waals surface area (Å²) in [7, 11) is -1.89. The molecule has 0 fully saturated rings. The Morgan fingerprint density at radius 3 is 1.36 bits per heavy atom. The first-order valence-electron chi connectivity index (χ1n) is 8.23. The summed E-state index contributed by atoms with van der Waals surface area (Å²) in [5, 5.41) is 4.00. The molecule has 1 nitrogen and oxygen atoms in total. The van der Waals surface area contributed by atoms with E-state index in [1.54, 1.807) is 0 Å². The van der Waals surface area contributed by atoms with Gasteiger partial charge in [0.05, 0.1) is 6.61 Å². The summed E-state index contributed by atoms with van der Waals surface area (Å²) < 4.78 is 5.60. The lowest BCUT2D eigenvalue weighted by Gasteiger charge is -2.23. The van der Waals surface area contributed by atoms with Gasteiger partial charge in [0.25, 0.3) is 0 Å². The van der Waals surface area contributed by atoms with E-state index >= 15 is 0 Å². The molecule has 3 rings (SSSR count). The van der Waals surface area contributed by atoms with Crippen LogP contribution in [0.5, 0.6) is 0 Å². The Kier molecular flexibility index (Phi) is 7.43. The van der Waals surface area contributed by atoms with Gasteiger partial charge in [-0.25, -0.2) is 0 Å². The van der Waals surface area contributed by atoms with Crippen molar-refractivity contribution < 1.29 is 21.7 Å². The molecule has 0 N–H and O–H groups in total. The van der Waals surface area contributed by atoms with E-state index < -0.39 is 7.26 Å². The molecule has 3 aromatic rings. The molecule has 0 atom stereocenters. The zero-order chi connectivity index (χ0) is 16.7. The summed E-state index contributed by atoms with van der Waals surface area (Å²) in [6, 6.07) is 32.3. The Hall–Kier alpha value is -1.89. The van der Waals surface area contributed by atoms with Crippen molar-refractivity contribution >= 4 is 23.2 Å². The van der Waals surface area contributed by atoms with Crippen LogP contribution in [0.4, 0.5) is 0 Å². The quantitative estimate of drug-likeness (QED) is 0.440. The SMILES string of the molecule is CCO/C=C/[P+](c1ccccc1)(c1ccccc1)c1ccccc1.[Br-]. The van der Waals surface area contributed by atoms with Crippen LogP contribution >= 0.6 is 7.26 Å². The van der Waals surface area contributed by atoms with E-state index in [1.807, 2.05) is 13.2 Å². The smallest absolute Gasteiger partial charge is 0.140 e. The fraction of sp³-hybridized carbons (Fsp3) is 0.0909. The summed E-state index contributed by atoms with van der Waals surface area (Å²) in [4.78, 5) is 0. The van der Waals surface area contributed by atoms with Crippen molar-refractivity contribution in [2.75, 3.05) is 6.61 Å². The van der Waals surface area contributed by atoms with Crippen molar-refractivity contribution in [3.63, 3.8) is 0 Å². The molecule has 0 radical (unpaired) electrons. The Morgan fingerprint density at radius 1 is 0.680 bits per heavy atom. The molecule has 0 aliphatic heterocycles. The molecule has 3 aromatic carbocycles. The van der Waals surface area contributed by atoms with E-state index in [1.165, 1.54) is 15.9 Å². The number of benzene rings is 3. The van der Waals surface area contributed by atoms with Crippen molar-refractivity contribution in [2.45, 2.75) is 6.92 Å². The average Bonchev–Trinajstić information content (AvgIpc) is 2.68. The number of rotatable bonds is 6. The van der Waals surface area contributed by atoms with E-state index in [2.05, 4.69) is 96.8 Å². The standard InChI is InChI=1S/C22H22OP.BrH/c1-2-23-18-19-24(20-12-6-3-7-13-20,21-14-8-4-9-15-21)22-16-10-5-11-17-22;/h3-19H,2H2,1H3;1H/q+1;/p-1/b19-18+;. The van der Waals surface area contributed by atoms with Gasteiger partial charge >= 0.3 is 0 Å². The van der Waals surface area contributed by atoms with E-state index in [0.29, 0.717) is 6.61 Å². The van der Waals surface area contributed by atoms with E-state index in [9.17, 15) is 0 Å². The van der Waals surface area contributed by atoms with Crippen LogP contribution < -0.4 is 32.9 Å². The molecule has 0 saturated carbocycles. The molecule has 0 aliphatic carbocycles. The van der Waals surface area contributed by atoms with Crippen molar-refractivity contribution in [3.8, 4) is 0 Å². The first-order valence-corrected chi connectivity index (χ1v) is 10.1. The minimum Gasteiger partial charge on any atom is -1.00 e. The first-order chi connectivity index (χ1) is 11.9. The van der Waals surface area contributed by atoms with E-state index in [0.717, 1.165) is 0 Å². The van der Waals surface area contributed by atoms with E-state index in [-0.39, 0.29) is 17.0 Å². The maximum Gasteiger partial charge on any atom is 0.140 e. The summed E-state index contributed by atoms with van der Waals surface area (Å²) in [6.07, 6.45) is 1.88. The largest absolute Gasteiger partial charge is 1.00 e. The molecule has 0 unspecified atom stereocenters. The lowest BCUT2D eigenvalue weighted by Crippen LogP contribution is -3.00. The highest BCUT2D eigenvalue weighted by Crippen LogP contribution is 2.56. The topological polar surface area (TPSA) is 9.23 Å². The Morgan fingerprint density at radius 2 is 1.04 bits per heavy atom. The summed E-state index contributed by atoms with van der Waals surface area (Å²) in [5.41, 5.74) is 0. The third-order valence-corrected chi connectivity index (χ3v) is 7.94.